The van der Waals surface area contributed by atoms with Crippen LogP contribution in [0.25, 0.3) is 0 Å². The molecule has 0 aliphatic heterocycles. The van der Waals surface area contributed by atoms with Gasteiger partial charge in [-0.2, -0.15) is 0 Å². The SMILES string of the molecule is CC[C@H](C(=O)Nc1ccc(S(=O)(=O)N[C@@H](C)CC)cc1)c1ccccc1. The third kappa shape index (κ3) is 5.16. The molecule has 2 rings (SSSR count). The summed E-state index contributed by atoms with van der Waals surface area (Å²) in [6.07, 6.45) is 1.40. The van der Waals surface area contributed by atoms with Crippen LogP contribution in [0.4, 0.5) is 5.69 Å². The van der Waals surface area contributed by atoms with Crippen LogP contribution in [0.1, 0.15) is 45.1 Å². The maximum Gasteiger partial charge on any atom is 0.240 e. The number of sulfonamides is 1. The Morgan fingerprint density at radius 3 is 2.12 bits per heavy atom. The second-order valence-electron chi connectivity index (χ2n) is 6.32. The lowest BCUT2D eigenvalue weighted by molar-refractivity contribution is -0.117. The third-order valence-electron chi connectivity index (χ3n) is 4.33. The number of amides is 1. The molecule has 0 aromatic heterocycles. The molecule has 0 fully saturated rings. The van der Waals surface area contributed by atoms with Gasteiger partial charge in [0.05, 0.1) is 10.8 Å². The monoisotopic (exact) mass is 374 g/mol. The van der Waals surface area contributed by atoms with E-state index in [2.05, 4.69) is 10.0 Å². The molecule has 0 aliphatic rings. The molecule has 26 heavy (non-hydrogen) atoms. The van der Waals surface area contributed by atoms with Gasteiger partial charge in [-0.05, 0) is 49.6 Å². The van der Waals surface area contributed by atoms with Crippen LogP contribution in [0.2, 0.25) is 0 Å². The molecule has 2 aromatic rings. The van der Waals surface area contributed by atoms with E-state index in [1.54, 1.807) is 12.1 Å². The van der Waals surface area contributed by atoms with Gasteiger partial charge in [0.15, 0.2) is 0 Å². The van der Waals surface area contributed by atoms with Gasteiger partial charge in [-0.1, -0.05) is 44.2 Å². The normalized spacial score (nSPS) is 13.8. The number of carbonyl (C=O) groups excluding carboxylic acids is 1. The van der Waals surface area contributed by atoms with E-state index in [-0.39, 0.29) is 22.8 Å². The van der Waals surface area contributed by atoms with Crippen LogP contribution >= 0.6 is 0 Å². The number of hydrogen-bond donors (Lipinski definition) is 2. The van der Waals surface area contributed by atoms with Crippen LogP contribution < -0.4 is 10.0 Å². The van der Waals surface area contributed by atoms with Crippen LogP contribution in [-0.4, -0.2) is 20.4 Å². The van der Waals surface area contributed by atoms with E-state index in [0.717, 1.165) is 5.56 Å². The molecule has 0 bridgehead atoms. The Morgan fingerprint density at radius 2 is 1.58 bits per heavy atom. The van der Waals surface area contributed by atoms with Gasteiger partial charge in [0.2, 0.25) is 15.9 Å². The van der Waals surface area contributed by atoms with Crippen molar-refractivity contribution in [2.75, 3.05) is 5.32 Å². The molecule has 1 amide bonds. The van der Waals surface area contributed by atoms with Crippen molar-refractivity contribution in [1.82, 2.24) is 4.72 Å². The Bertz CT molecular complexity index is 818. The zero-order valence-corrected chi connectivity index (χ0v) is 16.2. The highest BCUT2D eigenvalue weighted by Crippen LogP contribution is 2.22. The van der Waals surface area contributed by atoms with Crippen molar-refractivity contribution in [2.45, 2.75) is 50.5 Å². The number of carbonyl (C=O) groups is 1. The maximum absolute atomic E-state index is 12.6. The zero-order valence-electron chi connectivity index (χ0n) is 15.4. The van der Waals surface area contributed by atoms with Gasteiger partial charge in [0.25, 0.3) is 0 Å². The fourth-order valence-electron chi connectivity index (χ4n) is 2.62. The van der Waals surface area contributed by atoms with E-state index in [1.165, 1.54) is 12.1 Å². The van der Waals surface area contributed by atoms with Crippen LogP contribution in [0.5, 0.6) is 0 Å². The quantitative estimate of drug-likeness (QED) is 0.736. The molecule has 2 aromatic carbocycles. The predicted molar refractivity (Wildman–Crippen MR) is 105 cm³/mol. The molecule has 2 N–H and O–H groups in total. The van der Waals surface area contributed by atoms with Gasteiger partial charge in [-0.15, -0.1) is 0 Å². The highest BCUT2D eigenvalue weighted by atomic mass is 32.2. The molecule has 0 spiro atoms. The second kappa shape index (κ2) is 8.96. The Balaban J connectivity index is 2.10. The average Bonchev–Trinajstić information content (AvgIpc) is 2.63. The number of anilines is 1. The van der Waals surface area contributed by atoms with E-state index < -0.39 is 10.0 Å². The van der Waals surface area contributed by atoms with E-state index in [0.29, 0.717) is 18.5 Å². The van der Waals surface area contributed by atoms with Crippen LogP contribution in [-0.2, 0) is 14.8 Å². The van der Waals surface area contributed by atoms with Crippen molar-refractivity contribution in [3.8, 4) is 0 Å². The maximum atomic E-state index is 12.6. The van der Waals surface area contributed by atoms with Crippen LogP contribution in [0, 0.1) is 0 Å². The number of hydrogen-bond acceptors (Lipinski definition) is 3. The minimum Gasteiger partial charge on any atom is -0.326 e. The summed E-state index contributed by atoms with van der Waals surface area (Å²) in [5.74, 6) is -0.348. The molecular weight excluding hydrogens is 348 g/mol. The van der Waals surface area contributed by atoms with Gasteiger partial charge in [0.1, 0.15) is 0 Å². The summed E-state index contributed by atoms with van der Waals surface area (Å²) < 4.78 is 27.2. The lowest BCUT2D eigenvalue weighted by Crippen LogP contribution is -2.32. The fraction of sp³-hybridized carbons (Fsp3) is 0.350. The molecule has 140 valence electrons. The first-order valence-corrected chi connectivity index (χ1v) is 10.3. The smallest absolute Gasteiger partial charge is 0.240 e. The van der Waals surface area contributed by atoms with Crippen molar-refractivity contribution >= 4 is 21.6 Å². The van der Waals surface area contributed by atoms with E-state index in [4.69, 9.17) is 0 Å². The van der Waals surface area contributed by atoms with E-state index >= 15 is 0 Å². The lowest BCUT2D eigenvalue weighted by Gasteiger charge is -2.16. The Labute approximate surface area is 155 Å². The van der Waals surface area contributed by atoms with Crippen molar-refractivity contribution in [2.24, 2.45) is 0 Å². The number of benzene rings is 2. The van der Waals surface area contributed by atoms with Gasteiger partial charge < -0.3 is 5.32 Å². The van der Waals surface area contributed by atoms with Gasteiger partial charge in [-0.25, -0.2) is 13.1 Å². The molecule has 0 unspecified atom stereocenters. The number of nitrogens with one attached hydrogen (secondary N) is 2. The molecule has 0 aliphatic carbocycles. The largest absolute Gasteiger partial charge is 0.326 e. The second-order valence-corrected chi connectivity index (χ2v) is 8.03. The average molecular weight is 375 g/mol. The van der Waals surface area contributed by atoms with Crippen LogP contribution in [0.3, 0.4) is 0 Å². The Kier molecular flexibility index (Phi) is 6.94. The van der Waals surface area contributed by atoms with Crippen molar-refractivity contribution in [3.05, 3.63) is 60.2 Å². The summed E-state index contributed by atoms with van der Waals surface area (Å²) >= 11 is 0. The third-order valence-corrected chi connectivity index (χ3v) is 5.93. The first kappa shape index (κ1) is 20.1. The summed E-state index contributed by atoms with van der Waals surface area (Å²) in [6.45, 7) is 5.71. The minimum absolute atomic E-state index is 0.105. The topological polar surface area (TPSA) is 75.3 Å². The van der Waals surface area contributed by atoms with E-state index in [1.807, 2.05) is 51.1 Å². The lowest BCUT2D eigenvalue weighted by atomic mass is 9.95. The first-order chi connectivity index (χ1) is 12.4. The molecular formula is C20H26N2O3S. The summed E-state index contributed by atoms with van der Waals surface area (Å²) in [5, 5.41) is 2.87. The molecule has 0 saturated heterocycles. The van der Waals surface area contributed by atoms with Gasteiger partial charge >= 0.3 is 0 Å². The Morgan fingerprint density at radius 1 is 0.962 bits per heavy atom. The molecule has 0 saturated carbocycles. The molecule has 0 radical (unpaired) electrons. The van der Waals surface area contributed by atoms with Gasteiger partial charge in [-0.3, -0.25) is 4.79 Å². The molecule has 5 nitrogen and oxygen atoms in total. The minimum atomic E-state index is -3.54. The van der Waals surface area contributed by atoms with Crippen molar-refractivity contribution in [1.29, 1.82) is 0 Å². The highest BCUT2D eigenvalue weighted by molar-refractivity contribution is 7.89. The fourth-order valence-corrected chi connectivity index (χ4v) is 3.95. The summed E-state index contributed by atoms with van der Waals surface area (Å²) in [7, 11) is -3.54. The zero-order chi connectivity index (χ0) is 19.2. The standard InChI is InChI=1S/C20H26N2O3S/c1-4-15(3)22-26(24,25)18-13-11-17(12-14-18)21-20(23)19(5-2)16-9-7-6-8-10-16/h6-15,19,22H,4-5H2,1-3H3,(H,21,23)/t15-,19-/m0/s1. The summed E-state index contributed by atoms with van der Waals surface area (Å²) in [5.41, 5.74) is 1.54. The summed E-state index contributed by atoms with van der Waals surface area (Å²) in [4.78, 5) is 12.8. The molecule has 2 atom stereocenters. The van der Waals surface area contributed by atoms with Crippen molar-refractivity contribution < 1.29 is 13.2 Å². The predicted octanol–water partition coefficient (Wildman–Crippen LogP) is 3.90. The van der Waals surface area contributed by atoms with Gasteiger partial charge in [0, 0.05) is 11.7 Å². The number of rotatable bonds is 8. The highest BCUT2D eigenvalue weighted by Gasteiger charge is 2.19. The first-order valence-electron chi connectivity index (χ1n) is 8.85. The Hall–Kier alpha value is -2.18. The van der Waals surface area contributed by atoms with Crippen LogP contribution in [0.15, 0.2) is 59.5 Å². The molecule has 0 heterocycles. The summed E-state index contributed by atoms with van der Waals surface area (Å²) in [6, 6.07) is 15.7. The van der Waals surface area contributed by atoms with Crippen molar-refractivity contribution in [3.63, 3.8) is 0 Å². The van der Waals surface area contributed by atoms with E-state index in [9.17, 15) is 13.2 Å². The molecule has 6 heteroatoms.